The zero-order valence-corrected chi connectivity index (χ0v) is 9.61. The first kappa shape index (κ1) is 10.0. The van der Waals surface area contributed by atoms with Crippen LogP contribution in [0, 0.1) is 0 Å². The van der Waals surface area contributed by atoms with Crippen molar-refractivity contribution >= 4 is 27.2 Å². The molecule has 0 aliphatic carbocycles. The van der Waals surface area contributed by atoms with E-state index in [1.54, 1.807) is 12.1 Å². The molecule has 0 saturated carbocycles. The third-order valence-electron chi connectivity index (χ3n) is 2.45. The van der Waals surface area contributed by atoms with Gasteiger partial charge in [-0.25, -0.2) is 4.98 Å². The number of nitrogens with two attached hydrogens (primary N) is 1. The zero-order valence-electron chi connectivity index (χ0n) is 8.79. The summed E-state index contributed by atoms with van der Waals surface area (Å²) in [4.78, 5) is 8.48. The molecule has 4 nitrogen and oxygen atoms in total. The molecular weight excluding hydrogens is 234 g/mol. The van der Waals surface area contributed by atoms with E-state index in [0.717, 1.165) is 11.1 Å². The lowest BCUT2D eigenvalue weighted by molar-refractivity contribution is 0.461. The van der Waals surface area contributed by atoms with Crippen LogP contribution in [0.25, 0.3) is 21.6 Å². The van der Waals surface area contributed by atoms with Crippen molar-refractivity contribution < 1.29 is 5.11 Å². The molecule has 3 N–H and O–H groups in total. The molecule has 0 fully saturated rings. The molecule has 0 radical (unpaired) electrons. The van der Waals surface area contributed by atoms with Gasteiger partial charge in [-0.15, -0.1) is 11.3 Å². The first-order valence-corrected chi connectivity index (χ1v) is 5.92. The molecule has 0 aliphatic heterocycles. The number of benzene rings is 1. The minimum absolute atomic E-state index is 0.0248. The summed E-state index contributed by atoms with van der Waals surface area (Å²) in [5, 5.41) is 11.7. The maximum atomic E-state index is 9.79. The van der Waals surface area contributed by atoms with E-state index in [1.165, 1.54) is 11.3 Å². The zero-order chi connectivity index (χ0) is 11.8. The monoisotopic (exact) mass is 243 g/mol. The fourth-order valence-electron chi connectivity index (χ4n) is 1.61. The van der Waals surface area contributed by atoms with E-state index in [4.69, 9.17) is 5.73 Å². The number of nitrogens with zero attached hydrogens (tertiary/aromatic N) is 2. The SMILES string of the molecule is Nc1ccc(-c2nc(O)c3sccc3n2)cc1. The van der Waals surface area contributed by atoms with E-state index in [1.807, 2.05) is 23.6 Å². The molecular formula is C12H9N3OS. The molecule has 0 bridgehead atoms. The van der Waals surface area contributed by atoms with Crippen molar-refractivity contribution in [2.24, 2.45) is 0 Å². The summed E-state index contributed by atoms with van der Waals surface area (Å²) in [5.74, 6) is 0.533. The Hall–Kier alpha value is -2.14. The molecule has 0 unspecified atom stereocenters. The summed E-state index contributed by atoms with van der Waals surface area (Å²) in [5.41, 5.74) is 7.90. The lowest BCUT2D eigenvalue weighted by atomic mass is 10.2. The Bertz CT molecular complexity index is 676. The number of aromatic hydroxyl groups is 1. The minimum Gasteiger partial charge on any atom is -0.492 e. The number of rotatable bonds is 1. The predicted molar refractivity (Wildman–Crippen MR) is 68.9 cm³/mol. The van der Waals surface area contributed by atoms with Gasteiger partial charge in [0, 0.05) is 11.3 Å². The Morgan fingerprint density at radius 1 is 1.06 bits per heavy atom. The molecule has 1 aromatic carbocycles. The first-order valence-electron chi connectivity index (χ1n) is 5.04. The summed E-state index contributed by atoms with van der Waals surface area (Å²) in [6.45, 7) is 0. The minimum atomic E-state index is 0.0248. The predicted octanol–water partition coefficient (Wildman–Crippen LogP) is 2.65. The van der Waals surface area contributed by atoms with Gasteiger partial charge in [0.1, 0.15) is 4.70 Å². The van der Waals surface area contributed by atoms with Gasteiger partial charge in [-0.1, -0.05) is 0 Å². The third kappa shape index (κ3) is 1.70. The van der Waals surface area contributed by atoms with Crippen LogP contribution in [-0.4, -0.2) is 15.1 Å². The van der Waals surface area contributed by atoms with Gasteiger partial charge in [-0.05, 0) is 35.7 Å². The third-order valence-corrected chi connectivity index (χ3v) is 3.35. The number of hydrogen-bond acceptors (Lipinski definition) is 5. The molecule has 0 aliphatic rings. The van der Waals surface area contributed by atoms with Crippen LogP contribution in [-0.2, 0) is 0 Å². The second-order valence-electron chi connectivity index (χ2n) is 3.63. The van der Waals surface area contributed by atoms with Crippen LogP contribution in [0.1, 0.15) is 0 Å². The Balaban J connectivity index is 2.20. The topological polar surface area (TPSA) is 72.0 Å². The van der Waals surface area contributed by atoms with Crippen molar-refractivity contribution in [2.45, 2.75) is 0 Å². The summed E-state index contributed by atoms with van der Waals surface area (Å²) in [6.07, 6.45) is 0. The molecule has 3 rings (SSSR count). The van der Waals surface area contributed by atoms with Crippen LogP contribution < -0.4 is 5.73 Å². The van der Waals surface area contributed by atoms with Crippen LogP contribution in [0.5, 0.6) is 5.88 Å². The van der Waals surface area contributed by atoms with Gasteiger partial charge in [0.15, 0.2) is 5.82 Å². The Morgan fingerprint density at radius 2 is 1.82 bits per heavy atom. The molecule has 2 aromatic heterocycles. The lowest BCUT2D eigenvalue weighted by Crippen LogP contribution is -1.90. The highest BCUT2D eigenvalue weighted by Crippen LogP contribution is 2.29. The molecule has 0 spiro atoms. The van der Waals surface area contributed by atoms with E-state index in [0.29, 0.717) is 16.2 Å². The highest BCUT2D eigenvalue weighted by atomic mass is 32.1. The fourth-order valence-corrected chi connectivity index (χ4v) is 2.33. The van der Waals surface area contributed by atoms with Crippen molar-refractivity contribution in [3.63, 3.8) is 0 Å². The van der Waals surface area contributed by atoms with Crippen molar-refractivity contribution in [3.8, 4) is 17.3 Å². The summed E-state index contributed by atoms with van der Waals surface area (Å²) in [6, 6.07) is 9.11. The van der Waals surface area contributed by atoms with Crippen LogP contribution in [0.4, 0.5) is 5.69 Å². The van der Waals surface area contributed by atoms with Gasteiger partial charge in [-0.2, -0.15) is 4.98 Å². The van der Waals surface area contributed by atoms with Gasteiger partial charge in [0.05, 0.1) is 5.52 Å². The Morgan fingerprint density at radius 3 is 2.59 bits per heavy atom. The number of anilines is 1. The van der Waals surface area contributed by atoms with Crippen LogP contribution in [0.2, 0.25) is 0 Å². The molecule has 17 heavy (non-hydrogen) atoms. The van der Waals surface area contributed by atoms with Gasteiger partial charge < -0.3 is 10.8 Å². The second kappa shape index (κ2) is 3.71. The summed E-state index contributed by atoms with van der Waals surface area (Å²) in [7, 11) is 0. The van der Waals surface area contributed by atoms with Crippen LogP contribution in [0.3, 0.4) is 0 Å². The Kier molecular flexibility index (Phi) is 2.19. The number of nitrogen functional groups attached to an aromatic ring is 1. The fraction of sp³-hybridized carbons (Fsp3) is 0. The molecule has 0 saturated heterocycles. The largest absolute Gasteiger partial charge is 0.492 e. The number of fused-ring (bicyclic) bond motifs is 1. The summed E-state index contributed by atoms with van der Waals surface area (Å²) >= 11 is 1.43. The molecule has 5 heteroatoms. The normalized spacial score (nSPS) is 10.8. The van der Waals surface area contributed by atoms with E-state index < -0.39 is 0 Å². The molecule has 0 amide bonds. The highest BCUT2D eigenvalue weighted by Gasteiger charge is 2.09. The Labute approximate surface area is 101 Å². The number of thiophene rings is 1. The van der Waals surface area contributed by atoms with Gasteiger partial charge in [-0.3, -0.25) is 0 Å². The van der Waals surface area contributed by atoms with Crippen molar-refractivity contribution in [1.29, 1.82) is 0 Å². The van der Waals surface area contributed by atoms with E-state index in [-0.39, 0.29) is 5.88 Å². The highest BCUT2D eigenvalue weighted by molar-refractivity contribution is 7.17. The average molecular weight is 243 g/mol. The number of aromatic nitrogens is 2. The smallest absolute Gasteiger partial charge is 0.232 e. The standard InChI is InChI=1S/C12H9N3OS/c13-8-3-1-7(2-4-8)11-14-9-5-6-17-10(9)12(16)15-11/h1-6H,13H2,(H,14,15,16). The van der Waals surface area contributed by atoms with Crippen molar-refractivity contribution in [1.82, 2.24) is 9.97 Å². The van der Waals surface area contributed by atoms with E-state index in [9.17, 15) is 5.11 Å². The second-order valence-corrected chi connectivity index (χ2v) is 4.54. The van der Waals surface area contributed by atoms with Crippen LogP contribution in [0.15, 0.2) is 35.7 Å². The van der Waals surface area contributed by atoms with Gasteiger partial charge in [0.2, 0.25) is 5.88 Å². The maximum absolute atomic E-state index is 9.79. The van der Waals surface area contributed by atoms with Crippen molar-refractivity contribution in [3.05, 3.63) is 35.7 Å². The maximum Gasteiger partial charge on any atom is 0.232 e. The lowest BCUT2D eigenvalue weighted by Gasteiger charge is -2.02. The summed E-state index contributed by atoms with van der Waals surface area (Å²) < 4.78 is 0.712. The first-order chi connectivity index (χ1) is 8.24. The van der Waals surface area contributed by atoms with Gasteiger partial charge in [0.25, 0.3) is 0 Å². The van der Waals surface area contributed by atoms with Crippen molar-refractivity contribution in [2.75, 3.05) is 5.73 Å². The van der Waals surface area contributed by atoms with E-state index in [2.05, 4.69) is 9.97 Å². The molecule has 2 heterocycles. The van der Waals surface area contributed by atoms with E-state index >= 15 is 0 Å². The number of hydrogen-bond donors (Lipinski definition) is 2. The van der Waals surface area contributed by atoms with Crippen LogP contribution >= 0.6 is 11.3 Å². The molecule has 0 atom stereocenters. The van der Waals surface area contributed by atoms with Gasteiger partial charge >= 0.3 is 0 Å². The quantitative estimate of drug-likeness (QED) is 0.644. The molecule has 84 valence electrons. The average Bonchev–Trinajstić information content (AvgIpc) is 2.78. The molecule has 3 aromatic rings.